The lowest BCUT2D eigenvalue weighted by atomic mass is 9.98. The minimum Gasteiger partial charge on any atom is -0.363 e. The number of carbonyl (C=O) groups is 4. The first kappa shape index (κ1) is 21.7. The summed E-state index contributed by atoms with van der Waals surface area (Å²) in [6.45, 7) is -0.0166. The molecule has 3 rings (SSSR count). The molecule has 31 heavy (non-hydrogen) atoms. The van der Waals surface area contributed by atoms with Crippen molar-refractivity contribution in [2.45, 2.75) is 37.9 Å². The van der Waals surface area contributed by atoms with Crippen molar-refractivity contribution in [2.24, 2.45) is 5.73 Å². The molecule has 0 radical (unpaired) electrons. The van der Waals surface area contributed by atoms with Gasteiger partial charge in [-0.05, 0) is 29.7 Å². The molecule has 1 aliphatic rings. The number of amides is 3. The van der Waals surface area contributed by atoms with E-state index in [9.17, 15) is 24.4 Å². The van der Waals surface area contributed by atoms with Crippen molar-refractivity contribution < 1.29 is 19.2 Å². The maximum atomic E-state index is 13.4. The number of hydrogen-bond acceptors (Lipinski definition) is 5. The van der Waals surface area contributed by atoms with Gasteiger partial charge in [-0.25, -0.2) is 0 Å². The number of nitrogens with one attached hydrogen (secondary N) is 1. The maximum absolute atomic E-state index is 13.4. The Labute approximate surface area is 179 Å². The number of nitriles is 1. The molecule has 8 nitrogen and oxygen atoms in total. The summed E-state index contributed by atoms with van der Waals surface area (Å²) in [5.74, 6) is -2.74. The molecule has 3 amide bonds. The van der Waals surface area contributed by atoms with Crippen LogP contribution in [-0.2, 0) is 32.1 Å². The van der Waals surface area contributed by atoms with Crippen LogP contribution in [0.3, 0.4) is 0 Å². The standard InChI is InChI=1S/C23H22N4O4/c24-13-16-7-4-8-17(11-16)14-27(23(31)18-9-10-20(28)26-18)19(21(29)22(25)30)12-15-5-2-1-3-6-15/h1-8,11,18-19H,9-10,12,14H2,(H2,25,30)(H,26,28)/t18-,19?/m1/s1. The summed E-state index contributed by atoms with van der Waals surface area (Å²) in [6, 6.07) is 15.7. The van der Waals surface area contributed by atoms with Gasteiger partial charge in [-0.15, -0.1) is 0 Å². The second-order valence-electron chi connectivity index (χ2n) is 7.37. The molecule has 2 atom stereocenters. The number of hydrogen-bond donors (Lipinski definition) is 2. The van der Waals surface area contributed by atoms with Gasteiger partial charge in [0, 0.05) is 19.4 Å². The van der Waals surface area contributed by atoms with Crippen LogP contribution in [0.5, 0.6) is 0 Å². The molecule has 1 fully saturated rings. The number of primary amides is 1. The highest BCUT2D eigenvalue weighted by atomic mass is 16.2. The number of Topliss-reactive ketones (excluding diaryl/α,β-unsaturated/α-hetero) is 1. The second kappa shape index (κ2) is 9.67. The van der Waals surface area contributed by atoms with Gasteiger partial charge in [0.1, 0.15) is 12.1 Å². The van der Waals surface area contributed by atoms with Gasteiger partial charge in [-0.2, -0.15) is 5.26 Å². The van der Waals surface area contributed by atoms with Crippen LogP contribution in [0.1, 0.15) is 29.5 Å². The summed E-state index contributed by atoms with van der Waals surface area (Å²) >= 11 is 0. The van der Waals surface area contributed by atoms with Gasteiger partial charge in [-0.3, -0.25) is 19.2 Å². The monoisotopic (exact) mass is 418 g/mol. The number of benzene rings is 2. The van der Waals surface area contributed by atoms with Crippen molar-refractivity contribution in [3.63, 3.8) is 0 Å². The van der Waals surface area contributed by atoms with Crippen LogP contribution in [0.25, 0.3) is 0 Å². The van der Waals surface area contributed by atoms with Crippen molar-refractivity contribution >= 4 is 23.5 Å². The zero-order valence-corrected chi connectivity index (χ0v) is 16.8. The number of carbonyl (C=O) groups excluding carboxylic acids is 4. The highest BCUT2D eigenvalue weighted by molar-refractivity contribution is 6.37. The normalized spacial score (nSPS) is 16.1. The van der Waals surface area contributed by atoms with Crippen molar-refractivity contribution in [3.8, 4) is 6.07 Å². The summed E-state index contributed by atoms with van der Waals surface area (Å²) in [6.07, 6.45) is 0.601. The van der Waals surface area contributed by atoms with E-state index in [0.29, 0.717) is 17.5 Å². The van der Waals surface area contributed by atoms with Gasteiger partial charge in [0.05, 0.1) is 11.6 Å². The van der Waals surface area contributed by atoms with E-state index in [1.807, 2.05) is 12.1 Å². The Kier molecular flexibility index (Phi) is 6.78. The third-order valence-corrected chi connectivity index (χ3v) is 5.18. The van der Waals surface area contributed by atoms with Crippen LogP contribution in [0.15, 0.2) is 54.6 Å². The molecule has 2 aromatic rings. The van der Waals surface area contributed by atoms with E-state index < -0.39 is 29.7 Å². The number of ketones is 1. The molecule has 1 saturated heterocycles. The Bertz CT molecular complexity index is 1050. The Hall–Kier alpha value is -3.99. The average Bonchev–Trinajstić information content (AvgIpc) is 3.22. The quantitative estimate of drug-likeness (QED) is 0.613. The highest BCUT2D eigenvalue weighted by Gasteiger charge is 2.38. The van der Waals surface area contributed by atoms with E-state index in [2.05, 4.69) is 5.32 Å². The summed E-state index contributed by atoms with van der Waals surface area (Å²) in [5.41, 5.74) is 7.08. The summed E-state index contributed by atoms with van der Waals surface area (Å²) in [4.78, 5) is 50.9. The molecule has 8 heteroatoms. The zero-order chi connectivity index (χ0) is 22.4. The van der Waals surface area contributed by atoms with Gasteiger partial charge < -0.3 is 16.0 Å². The van der Waals surface area contributed by atoms with Crippen LogP contribution in [-0.4, -0.2) is 40.5 Å². The second-order valence-corrected chi connectivity index (χ2v) is 7.37. The Morgan fingerprint density at radius 1 is 1.13 bits per heavy atom. The van der Waals surface area contributed by atoms with Gasteiger partial charge in [0.15, 0.2) is 0 Å². The van der Waals surface area contributed by atoms with Crippen LogP contribution in [0.4, 0.5) is 0 Å². The number of nitrogens with zero attached hydrogens (tertiary/aromatic N) is 2. The fourth-order valence-electron chi connectivity index (χ4n) is 3.62. The first-order valence-corrected chi connectivity index (χ1v) is 9.85. The largest absolute Gasteiger partial charge is 0.363 e. The van der Waals surface area contributed by atoms with Crippen LogP contribution >= 0.6 is 0 Å². The van der Waals surface area contributed by atoms with Gasteiger partial charge in [0.2, 0.25) is 17.6 Å². The highest BCUT2D eigenvalue weighted by Crippen LogP contribution is 2.19. The van der Waals surface area contributed by atoms with E-state index in [4.69, 9.17) is 5.73 Å². The van der Waals surface area contributed by atoms with E-state index in [1.54, 1.807) is 48.5 Å². The molecule has 0 aliphatic carbocycles. The molecule has 0 spiro atoms. The van der Waals surface area contributed by atoms with Gasteiger partial charge >= 0.3 is 0 Å². The minimum absolute atomic E-state index is 0.0166. The van der Waals surface area contributed by atoms with Crippen LogP contribution < -0.4 is 11.1 Å². The molecule has 0 saturated carbocycles. The van der Waals surface area contributed by atoms with E-state index >= 15 is 0 Å². The van der Waals surface area contributed by atoms with E-state index in [0.717, 1.165) is 5.56 Å². The third kappa shape index (κ3) is 5.34. The summed E-state index contributed by atoms with van der Waals surface area (Å²) in [5, 5.41) is 11.8. The molecule has 1 heterocycles. The van der Waals surface area contributed by atoms with E-state index in [-0.39, 0.29) is 25.3 Å². The number of rotatable bonds is 8. The predicted octanol–water partition coefficient (Wildman–Crippen LogP) is 0.831. The molecule has 3 N–H and O–H groups in total. The molecule has 0 bridgehead atoms. The molecule has 1 aliphatic heterocycles. The lowest BCUT2D eigenvalue weighted by Crippen LogP contribution is -2.54. The van der Waals surface area contributed by atoms with Crippen molar-refractivity contribution in [2.75, 3.05) is 0 Å². The van der Waals surface area contributed by atoms with Gasteiger partial charge in [-0.1, -0.05) is 42.5 Å². The Morgan fingerprint density at radius 3 is 2.45 bits per heavy atom. The first-order chi connectivity index (χ1) is 14.9. The molecule has 2 aromatic carbocycles. The SMILES string of the molecule is N#Cc1cccc(CN(C(=O)[C@H]2CCC(=O)N2)C(Cc2ccccc2)C(=O)C(N)=O)c1. The maximum Gasteiger partial charge on any atom is 0.287 e. The summed E-state index contributed by atoms with van der Waals surface area (Å²) < 4.78 is 0. The van der Waals surface area contributed by atoms with Crippen molar-refractivity contribution in [1.82, 2.24) is 10.2 Å². The van der Waals surface area contributed by atoms with Crippen molar-refractivity contribution in [3.05, 3.63) is 71.3 Å². The minimum atomic E-state index is -1.14. The fraction of sp³-hybridized carbons (Fsp3) is 0.261. The molecule has 158 valence electrons. The van der Waals surface area contributed by atoms with E-state index in [1.165, 1.54) is 4.90 Å². The first-order valence-electron chi connectivity index (χ1n) is 9.85. The topological polar surface area (TPSA) is 133 Å². The zero-order valence-electron chi connectivity index (χ0n) is 16.8. The molecular formula is C23H22N4O4. The molecular weight excluding hydrogens is 396 g/mol. The predicted molar refractivity (Wildman–Crippen MR) is 111 cm³/mol. The number of nitrogens with two attached hydrogens (primary N) is 1. The molecule has 0 aromatic heterocycles. The van der Waals surface area contributed by atoms with Crippen LogP contribution in [0, 0.1) is 11.3 Å². The van der Waals surface area contributed by atoms with Crippen LogP contribution in [0.2, 0.25) is 0 Å². The lowest BCUT2D eigenvalue weighted by Gasteiger charge is -2.32. The average molecular weight is 418 g/mol. The third-order valence-electron chi connectivity index (χ3n) is 5.18. The van der Waals surface area contributed by atoms with Crippen molar-refractivity contribution in [1.29, 1.82) is 5.26 Å². The lowest BCUT2D eigenvalue weighted by molar-refractivity contribution is -0.146. The Morgan fingerprint density at radius 2 is 1.84 bits per heavy atom. The Balaban J connectivity index is 1.99. The fourth-order valence-corrected chi connectivity index (χ4v) is 3.62. The molecule has 1 unspecified atom stereocenters. The van der Waals surface area contributed by atoms with Gasteiger partial charge in [0.25, 0.3) is 5.91 Å². The smallest absolute Gasteiger partial charge is 0.287 e. The summed E-state index contributed by atoms with van der Waals surface area (Å²) in [7, 11) is 0.